The number of aliphatic carboxylic acids is 1. The van der Waals surface area contributed by atoms with Crippen molar-refractivity contribution in [2.45, 2.75) is 95.7 Å². The van der Waals surface area contributed by atoms with Crippen LogP contribution >= 0.6 is 11.3 Å². The van der Waals surface area contributed by atoms with E-state index in [0.717, 1.165) is 50.9 Å². The van der Waals surface area contributed by atoms with Crippen molar-refractivity contribution in [2.24, 2.45) is 5.41 Å². The average molecular weight is 648 g/mol. The van der Waals surface area contributed by atoms with Gasteiger partial charge in [-0.2, -0.15) is 0 Å². The molecule has 0 saturated heterocycles. The summed E-state index contributed by atoms with van der Waals surface area (Å²) in [5.74, 6) is 1.08. The summed E-state index contributed by atoms with van der Waals surface area (Å²) in [4.78, 5) is 15.3. The van der Waals surface area contributed by atoms with Gasteiger partial charge in [0.2, 0.25) is 15.4 Å². The first-order chi connectivity index (χ1) is 21.1. The molecule has 0 saturated carbocycles. The van der Waals surface area contributed by atoms with Crippen LogP contribution in [0.5, 0.6) is 11.5 Å². The Balaban J connectivity index is 1.46. The fourth-order valence-corrected chi connectivity index (χ4v) is 9.79. The van der Waals surface area contributed by atoms with Gasteiger partial charge in [0, 0.05) is 46.2 Å². The van der Waals surface area contributed by atoms with E-state index in [1.807, 2.05) is 6.07 Å². The molecule has 2 aliphatic heterocycles. The van der Waals surface area contributed by atoms with E-state index in [9.17, 15) is 13.2 Å². The lowest BCUT2D eigenvalue weighted by Gasteiger charge is -2.31. The van der Waals surface area contributed by atoms with E-state index in [1.54, 1.807) is 6.07 Å². The quantitative estimate of drug-likeness (QED) is 0.222. The number of benzene rings is 2. The number of allylic oxidation sites excluding steroid dienone is 2. The maximum atomic E-state index is 13.3. The number of hydrogen-bond acceptors (Lipinski definition) is 5. The van der Waals surface area contributed by atoms with Crippen molar-refractivity contribution < 1.29 is 28.0 Å². The molecule has 0 amide bonds. The zero-order chi connectivity index (χ0) is 32.3. The van der Waals surface area contributed by atoms with Crippen molar-refractivity contribution in [2.75, 3.05) is 6.54 Å². The highest BCUT2D eigenvalue weighted by molar-refractivity contribution is 7.91. The summed E-state index contributed by atoms with van der Waals surface area (Å²) in [6.45, 7) is 13.7. The third kappa shape index (κ3) is 6.40. The van der Waals surface area contributed by atoms with Crippen LogP contribution in [0.4, 0.5) is 0 Å². The Morgan fingerprint density at radius 2 is 1.84 bits per heavy atom. The first kappa shape index (κ1) is 31.7. The zero-order valence-corrected chi connectivity index (χ0v) is 28.6. The molecule has 0 bridgehead atoms. The molecule has 1 unspecified atom stereocenters. The maximum absolute atomic E-state index is 13.3. The third-order valence-electron chi connectivity index (χ3n) is 9.07. The van der Waals surface area contributed by atoms with E-state index in [-0.39, 0.29) is 28.1 Å². The van der Waals surface area contributed by atoms with Gasteiger partial charge in [0.05, 0.1) is 6.07 Å². The fraction of sp³-hybridized carbons (Fsp3) is 0.444. The van der Waals surface area contributed by atoms with Crippen molar-refractivity contribution in [3.05, 3.63) is 80.2 Å². The Kier molecular flexibility index (Phi) is 8.11. The summed E-state index contributed by atoms with van der Waals surface area (Å²) in [5.41, 5.74) is 6.93. The molecule has 9 heteroatoms. The van der Waals surface area contributed by atoms with Crippen molar-refractivity contribution in [1.29, 1.82) is 0 Å². The molecule has 2 aromatic carbocycles. The van der Waals surface area contributed by atoms with Crippen molar-refractivity contribution in [3.8, 4) is 11.5 Å². The third-order valence-corrected chi connectivity index (χ3v) is 12.1. The van der Waals surface area contributed by atoms with Crippen LogP contribution in [0.2, 0.25) is 0 Å². The van der Waals surface area contributed by atoms with E-state index in [1.165, 1.54) is 33.6 Å². The van der Waals surface area contributed by atoms with Crippen LogP contribution in [0.3, 0.4) is 0 Å². The van der Waals surface area contributed by atoms with E-state index in [0.29, 0.717) is 25.2 Å². The van der Waals surface area contributed by atoms with Crippen molar-refractivity contribution in [1.82, 2.24) is 4.72 Å². The molecule has 3 aliphatic rings. The number of rotatable bonds is 9. The molecule has 1 atom stereocenters. The summed E-state index contributed by atoms with van der Waals surface area (Å²) < 4.78 is 36.3. The number of carbonyl (C=O) groups is 1. The number of carboxylic acid groups (broad SMARTS) is 1. The smallest absolute Gasteiger partial charge is 0.303 e. The summed E-state index contributed by atoms with van der Waals surface area (Å²) in [5, 5.41) is 10.9. The molecule has 0 radical (unpaired) electrons. The number of nitrogens with one attached hydrogen (secondary N) is 2. The number of sulfonamides is 1. The van der Waals surface area contributed by atoms with E-state index < -0.39 is 16.0 Å². The molecule has 3 aromatic rings. The molecule has 7 nitrogen and oxygen atoms in total. The highest BCUT2D eigenvalue weighted by atomic mass is 32.2. The van der Waals surface area contributed by atoms with Crippen LogP contribution in [0, 0.1) is 5.41 Å². The standard InChI is InChI=1S/C36H42N2O5S2/c1-21-18-35(3,4)20-23-14-29-26(15-24(21)23)34(27-16-25-22(2)19-36(5,6)38-28(25)17-30(27)43-29)31-11-12-33(44-31)45(41,42)37-13-9-7-8-10-32(39)40/h11-12,14-18,22,37H,7-10,13,19-20H2,1-6H3,(H,39,40)/p+1. The van der Waals surface area contributed by atoms with Crippen LogP contribution in [0.25, 0.3) is 11.1 Å². The minimum absolute atomic E-state index is 0.0332. The summed E-state index contributed by atoms with van der Waals surface area (Å²) >= 11 is 1.27. The van der Waals surface area contributed by atoms with Gasteiger partial charge in [0.1, 0.15) is 15.7 Å². The van der Waals surface area contributed by atoms with Gasteiger partial charge >= 0.3 is 5.97 Å². The first-order valence-corrected chi connectivity index (χ1v) is 18.1. The van der Waals surface area contributed by atoms with Gasteiger partial charge in [-0.3, -0.25) is 4.79 Å². The van der Waals surface area contributed by atoms with Gasteiger partial charge in [-0.1, -0.05) is 33.3 Å². The average Bonchev–Trinajstić information content (AvgIpc) is 3.42. The normalized spacial score (nSPS) is 19.3. The van der Waals surface area contributed by atoms with Gasteiger partial charge in [0.25, 0.3) is 0 Å². The Morgan fingerprint density at radius 1 is 1.07 bits per heavy atom. The Labute approximate surface area is 269 Å². The first-order valence-electron chi connectivity index (χ1n) is 15.8. The molecule has 238 valence electrons. The monoisotopic (exact) mass is 647 g/mol. The topological polar surface area (TPSA) is 107 Å². The molecule has 0 spiro atoms. The molecular weight excluding hydrogens is 605 g/mol. The minimum atomic E-state index is -3.72. The molecular formula is C36H43N2O5S2+. The predicted molar refractivity (Wildman–Crippen MR) is 178 cm³/mol. The highest BCUT2D eigenvalue weighted by Crippen LogP contribution is 2.45. The Hall–Kier alpha value is -3.27. The zero-order valence-electron chi connectivity index (χ0n) is 27.0. The second-order valence-corrected chi connectivity index (χ2v) is 17.3. The number of ether oxygens (including phenoxy) is 1. The second kappa shape index (κ2) is 11.5. The van der Waals surface area contributed by atoms with E-state index >= 15 is 0 Å². The minimum Gasteiger partial charge on any atom is -0.481 e. The van der Waals surface area contributed by atoms with Gasteiger partial charge in [0.15, 0.2) is 5.54 Å². The lowest BCUT2D eigenvalue weighted by molar-refractivity contribution is -0.588. The molecule has 0 fully saturated rings. The lowest BCUT2D eigenvalue weighted by atomic mass is 9.75. The summed E-state index contributed by atoms with van der Waals surface area (Å²) in [6, 6.07) is 12.4. The molecule has 45 heavy (non-hydrogen) atoms. The number of hydrogen-bond donors (Lipinski definition) is 3. The lowest BCUT2D eigenvalue weighted by Crippen LogP contribution is -2.90. The Morgan fingerprint density at radius 3 is 2.60 bits per heavy atom. The van der Waals surface area contributed by atoms with Gasteiger partial charge in [-0.15, -0.1) is 11.3 Å². The van der Waals surface area contributed by atoms with E-state index in [4.69, 9.17) is 9.84 Å². The van der Waals surface area contributed by atoms with Gasteiger partial charge in [-0.05, 0) is 98.4 Å². The molecule has 1 aliphatic carbocycles. The predicted octanol–water partition coefficient (Wildman–Crippen LogP) is 5.00. The second-order valence-electron chi connectivity index (χ2n) is 14.2. The van der Waals surface area contributed by atoms with Crippen LogP contribution in [-0.4, -0.2) is 31.6 Å². The Bertz CT molecular complexity index is 1970. The van der Waals surface area contributed by atoms with Crippen LogP contribution < -0.4 is 25.0 Å². The SMILES string of the molecule is CC1=CC(C)(C)Cc2cc3c(cc21)C(c1ccc(S(=O)(=O)NCCCCCC(=O)O)s1)=c1cc2c(cc1O3)=[NH+]C(C)(C)CC2C. The maximum Gasteiger partial charge on any atom is 0.303 e. The molecule has 3 N–H and O–H groups in total. The summed E-state index contributed by atoms with van der Waals surface area (Å²) in [7, 11) is -3.72. The number of thiophene rings is 1. The number of unbranched alkanes of at least 4 members (excludes halogenated alkanes) is 2. The van der Waals surface area contributed by atoms with Gasteiger partial charge < -0.3 is 9.84 Å². The summed E-state index contributed by atoms with van der Waals surface area (Å²) in [6.07, 6.45) is 6.13. The van der Waals surface area contributed by atoms with Crippen LogP contribution in [0.1, 0.15) is 107 Å². The van der Waals surface area contributed by atoms with Crippen LogP contribution in [-0.2, 0) is 21.2 Å². The molecule has 1 aromatic heterocycles. The largest absolute Gasteiger partial charge is 0.481 e. The highest BCUT2D eigenvalue weighted by Gasteiger charge is 2.34. The molecule has 3 heterocycles. The van der Waals surface area contributed by atoms with Crippen LogP contribution in [0.15, 0.2) is 46.7 Å². The van der Waals surface area contributed by atoms with Gasteiger partial charge in [-0.25, -0.2) is 18.1 Å². The van der Waals surface area contributed by atoms with Crippen molar-refractivity contribution in [3.63, 3.8) is 0 Å². The molecule has 6 rings (SSSR count). The number of fused-ring (bicyclic) bond motifs is 4. The number of carboxylic acids is 1. The van der Waals surface area contributed by atoms with E-state index in [2.05, 4.69) is 81.6 Å². The fourth-order valence-electron chi connectivity index (χ4n) is 7.29. The van der Waals surface area contributed by atoms with Crippen molar-refractivity contribution >= 4 is 38.5 Å².